The molecule has 0 aliphatic carbocycles. The van der Waals surface area contributed by atoms with E-state index in [-0.39, 0.29) is 0 Å². The van der Waals surface area contributed by atoms with E-state index in [0.29, 0.717) is 19.5 Å². The number of methoxy groups -OCH3 is 1. The molecule has 4 heteroatoms. The van der Waals surface area contributed by atoms with Crippen LogP contribution >= 0.6 is 15.9 Å². The van der Waals surface area contributed by atoms with E-state index >= 15 is 0 Å². The van der Waals surface area contributed by atoms with Crippen molar-refractivity contribution in [3.63, 3.8) is 0 Å². The Morgan fingerprint density at radius 2 is 2.27 bits per heavy atom. The molecule has 0 atom stereocenters. The predicted molar refractivity (Wildman–Crippen MR) is 62.2 cm³/mol. The molecule has 0 aromatic heterocycles. The highest BCUT2D eigenvalue weighted by Gasteiger charge is 2.35. The first-order valence-electron chi connectivity index (χ1n) is 4.89. The van der Waals surface area contributed by atoms with Crippen LogP contribution in [0.15, 0.2) is 22.7 Å². The van der Waals surface area contributed by atoms with E-state index in [4.69, 9.17) is 4.74 Å². The summed E-state index contributed by atoms with van der Waals surface area (Å²) in [5.41, 5.74) is 0.435. The average molecular weight is 272 g/mol. The fourth-order valence-electron chi connectivity index (χ4n) is 1.81. The standard InChI is InChI=1S/C11H14BrNO2/c1-15-10-8(3-2-4-9(10)12)5-11(14)6-13-7-11/h2-4,13-14H,5-7H2,1H3. The van der Waals surface area contributed by atoms with Crippen LogP contribution in [0.1, 0.15) is 5.56 Å². The van der Waals surface area contributed by atoms with Crippen molar-refractivity contribution in [3.05, 3.63) is 28.2 Å². The third kappa shape index (κ3) is 2.17. The van der Waals surface area contributed by atoms with Crippen LogP contribution < -0.4 is 10.1 Å². The van der Waals surface area contributed by atoms with Gasteiger partial charge >= 0.3 is 0 Å². The minimum atomic E-state index is -0.603. The SMILES string of the molecule is COc1c(Br)cccc1CC1(O)CNC1. The number of nitrogens with one attached hydrogen (secondary N) is 1. The van der Waals surface area contributed by atoms with E-state index in [2.05, 4.69) is 21.2 Å². The molecule has 0 amide bonds. The van der Waals surface area contributed by atoms with E-state index in [1.807, 2.05) is 18.2 Å². The van der Waals surface area contributed by atoms with Gasteiger partial charge in [0.15, 0.2) is 0 Å². The van der Waals surface area contributed by atoms with Crippen LogP contribution in [0.2, 0.25) is 0 Å². The zero-order valence-electron chi connectivity index (χ0n) is 8.59. The molecule has 3 nitrogen and oxygen atoms in total. The Hall–Kier alpha value is -0.580. The summed E-state index contributed by atoms with van der Waals surface area (Å²) in [7, 11) is 1.65. The van der Waals surface area contributed by atoms with Crippen LogP contribution in [0.4, 0.5) is 0 Å². The molecule has 0 radical (unpaired) electrons. The van der Waals surface area contributed by atoms with Gasteiger partial charge in [-0.1, -0.05) is 12.1 Å². The van der Waals surface area contributed by atoms with Crippen LogP contribution in [0.5, 0.6) is 5.75 Å². The van der Waals surface area contributed by atoms with Crippen LogP contribution in [-0.2, 0) is 6.42 Å². The first kappa shape index (κ1) is 10.9. The highest BCUT2D eigenvalue weighted by molar-refractivity contribution is 9.10. The molecule has 15 heavy (non-hydrogen) atoms. The average Bonchev–Trinajstić information content (AvgIpc) is 2.16. The lowest BCUT2D eigenvalue weighted by atomic mass is 9.89. The molecule has 0 spiro atoms. The van der Waals surface area contributed by atoms with Crippen molar-refractivity contribution in [2.45, 2.75) is 12.0 Å². The summed E-state index contributed by atoms with van der Waals surface area (Å²) in [6.45, 7) is 1.31. The molecule has 1 fully saturated rings. The third-order valence-corrected chi connectivity index (χ3v) is 3.30. The van der Waals surface area contributed by atoms with Crippen molar-refractivity contribution in [2.75, 3.05) is 20.2 Å². The molecular weight excluding hydrogens is 258 g/mol. The fourth-order valence-corrected chi connectivity index (χ4v) is 2.38. The summed E-state index contributed by atoms with van der Waals surface area (Å²) in [5, 5.41) is 13.1. The van der Waals surface area contributed by atoms with Crippen molar-refractivity contribution in [1.29, 1.82) is 0 Å². The van der Waals surface area contributed by atoms with Crippen molar-refractivity contribution in [3.8, 4) is 5.75 Å². The number of β-amino-alcohol motifs (C(OH)–C–C–N with tert-alkyl or cyclic N) is 1. The number of rotatable bonds is 3. The quantitative estimate of drug-likeness (QED) is 0.872. The molecule has 0 bridgehead atoms. The minimum Gasteiger partial charge on any atom is -0.495 e. The predicted octanol–water partition coefficient (Wildman–Crippen LogP) is 1.33. The van der Waals surface area contributed by atoms with Crippen LogP contribution in [0.3, 0.4) is 0 Å². The van der Waals surface area contributed by atoms with Gasteiger partial charge in [-0.25, -0.2) is 0 Å². The first-order chi connectivity index (χ1) is 7.14. The molecule has 1 aromatic rings. The van der Waals surface area contributed by atoms with Crippen molar-refractivity contribution >= 4 is 15.9 Å². The number of hydrogen-bond donors (Lipinski definition) is 2. The van der Waals surface area contributed by atoms with Crippen LogP contribution in [-0.4, -0.2) is 30.9 Å². The third-order valence-electron chi connectivity index (χ3n) is 2.68. The number of benzene rings is 1. The number of hydrogen-bond acceptors (Lipinski definition) is 3. The number of ether oxygens (including phenoxy) is 1. The summed E-state index contributed by atoms with van der Waals surface area (Å²) >= 11 is 3.43. The van der Waals surface area contributed by atoms with E-state index in [0.717, 1.165) is 15.8 Å². The summed E-state index contributed by atoms with van der Waals surface area (Å²) in [4.78, 5) is 0. The van der Waals surface area contributed by atoms with Gasteiger partial charge in [0.05, 0.1) is 17.2 Å². The van der Waals surface area contributed by atoms with Crippen molar-refractivity contribution in [2.24, 2.45) is 0 Å². The van der Waals surface area contributed by atoms with Crippen LogP contribution in [0.25, 0.3) is 0 Å². The first-order valence-corrected chi connectivity index (χ1v) is 5.68. The van der Waals surface area contributed by atoms with Crippen LogP contribution in [0, 0.1) is 0 Å². The minimum absolute atomic E-state index is 0.603. The van der Waals surface area contributed by atoms with Gasteiger partial charge in [-0.2, -0.15) is 0 Å². The maximum Gasteiger partial charge on any atom is 0.136 e. The molecule has 1 aliphatic heterocycles. The van der Waals surface area contributed by atoms with Gasteiger partial charge in [0, 0.05) is 19.5 Å². The molecule has 2 rings (SSSR count). The van der Waals surface area contributed by atoms with E-state index in [1.54, 1.807) is 7.11 Å². The zero-order chi connectivity index (χ0) is 10.9. The lowest BCUT2D eigenvalue weighted by Gasteiger charge is -2.38. The highest BCUT2D eigenvalue weighted by atomic mass is 79.9. The monoisotopic (exact) mass is 271 g/mol. The lowest BCUT2D eigenvalue weighted by molar-refractivity contribution is -0.00944. The zero-order valence-corrected chi connectivity index (χ0v) is 10.2. The van der Waals surface area contributed by atoms with Gasteiger partial charge in [0.1, 0.15) is 5.75 Å². The van der Waals surface area contributed by atoms with Gasteiger partial charge < -0.3 is 15.2 Å². The smallest absolute Gasteiger partial charge is 0.136 e. The molecule has 1 heterocycles. The van der Waals surface area contributed by atoms with Gasteiger partial charge in [-0.3, -0.25) is 0 Å². The highest BCUT2D eigenvalue weighted by Crippen LogP contribution is 2.31. The normalized spacial score (nSPS) is 18.3. The molecule has 82 valence electrons. The molecule has 0 saturated carbocycles. The lowest BCUT2D eigenvalue weighted by Crippen LogP contribution is -2.60. The van der Waals surface area contributed by atoms with Gasteiger partial charge in [-0.15, -0.1) is 0 Å². The second-order valence-electron chi connectivity index (χ2n) is 3.94. The molecule has 1 aliphatic rings. The molecule has 1 aromatic carbocycles. The Balaban J connectivity index is 2.23. The second-order valence-corrected chi connectivity index (χ2v) is 4.79. The molecule has 1 saturated heterocycles. The van der Waals surface area contributed by atoms with Gasteiger partial charge in [0.2, 0.25) is 0 Å². The van der Waals surface area contributed by atoms with E-state index in [1.165, 1.54) is 0 Å². The van der Waals surface area contributed by atoms with Crippen molar-refractivity contribution < 1.29 is 9.84 Å². The van der Waals surface area contributed by atoms with Gasteiger partial charge in [0.25, 0.3) is 0 Å². The van der Waals surface area contributed by atoms with E-state index < -0.39 is 5.60 Å². The fraction of sp³-hybridized carbons (Fsp3) is 0.455. The number of aliphatic hydroxyl groups is 1. The van der Waals surface area contributed by atoms with E-state index in [9.17, 15) is 5.11 Å². The van der Waals surface area contributed by atoms with Gasteiger partial charge in [-0.05, 0) is 27.6 Å². The molecule has 0 unspecified atom stereocenters. The Labute approximate surface area is 97.6 Å². The summed E-state index contributed by atoms with van der Waals surface area (Å²) in [6.07, 6.45) is 0.628. The largest absolute Gasteiger partial charge is 0.495 e. The molecular formula is C11H14BrNO2. The maximum absolute atomic E-state index is 10.0. The Bertz CT molecular complexity index is 364. The second kappa shape index (κ2) is 4.12. The Morgan fingerprint density at radius 1 is 1.53 bits per heavy atom. The Kier molecular flexibility index (Phi) is 3.00. The molecule has 2 N–H and O–H groups in total. The maximum atomic E-state index is 10.0. The number of halogens is 1. The van der Waals surface area contributed by atoms with Crippen molar-refractivity contribution in [1.82, 2.24) is 5.32 Å². The summed E-state index contributed by atoms with van der Waals surface area (Å²) in [6, 6.07) is 5.88. The summed E-state index contributed by atoms with van der Waals surface area (Å²) in [5.74, 6) is 0.817. The topological polar surface area (TPSA) is 41.5 Å². The number of para-hydroxylation sites is 1. The summed E-state index contributed by atoms with van der Waals surface area (Å²) < 4.78 is 6.24. The Morgan fingerprint density at radius 3 is 2.80 bits per heavy atom.